The van der Waals surface area contributed by atoms with Crippen molar-refractivity contribution in [3.63, 3.8) is 0 Å². The molecule has 4 rings (SSSR count). The van der Waals surface area contributed by atoms with Crippen LogP contribution in [0, 0.1) is 29.1 Å². The van der Waals surface area contributed by atoms with E-state index in [2.05, 4.69) is 5.32 Å². The summed E-state index contributed by atoms with van der Waals surface area (Å²) in [5.41, 5.74) is 5.23. The van der Waals surface area contributed by atoms with Crippen LogP contribution in [0.2, 0.25) is 0 Å². The van der Waals surface area contributed by atoms with Crippen molar-refractivity contribution in [3.8, 4) is 0 Å². The Kier molecular flexibility index (Phi) is 2.87. The van der Waals surface area contributed by atoms with E-state index in [1.54, 1.807) is 0 Å². The standard InChI is InChI=1S/C15H22N2O2S/c16-13(20)15(3-5-19-6-4-15)14(18)17-12-10-8-1-2-9(7-8)11(10)12/h8-12H,1-7H2,(H2,16,20)(H,17,18). The molecule has 0 aromatic rings. The average Bonchev–Trinajstić information content (AvgIpc) is 2.85. The molecule has 4 atom stereocenters. The first-order valence-electron chi connectivity index (χ1n) is 7.82. The molecule has 4 fully saturated rings. The van der Waals surface area contributed by atoms with Crippen molar-refractivity contribution in [2.24, 2.45) is 34.8 Å². The van der Waals surface area contributed by atoms with Crippen molar-refractivity contribution in [1.82, 2.24) is 5.32 Å². The summed E-state index contributed by atoms with van der Waals surface area (Å²) in [5.74, 6) is 3.30. The lowest BCUT2D eigenvalue weighted by atomic mass is 9.79. The summed E-state index contributed by atoms with van der Waals surface area (Å²) in [4.78, 5) is 13.1. The minimum absolute atomic E-state index is 0.0621. The second-order valence-electron chi connectivity index (χ2n) is 7.05. The van der Waals surface area contributed by atoms with Crippen LogP contribution in [0.3, 0.4) is 0 Å². The summed E-state index contributed by atoms with van der Waals surface area (Å²) in [6, 6.07) is 0.405. The molecule has 3 saturated carbocycles. The molecule has 1 amide bonds. The van der Waals surface area contributed by atoms with Crippen molar-refractivity contribution < 1.29 is 9.53 Å². The van der Waals surface area contributed by atoms with Gasteiger partial charge >= 0.3 is 0 Å². The molecule has 0 aromatic carbocycles. The average molecular weight is 294 g/mol. The van der Waals surface area contributed by atoms with Gasteiger partial charge in [0.05, 0.1) is 4.99 Å². The number of carbonyl (C=O) groups is 1. The molecule has 110 valence electrons. The Morgan fingerprint density at radius 2 is 1.80 bits per heavy atom. The number of fused-ring (bicyclic) bond motifs is 5. The Morgan fingerprint density at radius 1 is 1.20 bits per heavy atom. The lowest BCUT2D eigenvalue weighted by molar-refractivity contribution is -0.131. The zero-order valence-corrected chi connectivity index (χ0v) is 12.5. The quantitative estimate of drug-likeness (QED) is 0.769. The van der Waals surface area contributed by atoms with Gasteiger partial charge in [0.25, 0.3) is 0 Å². The Labute approximate surface area is 124 Å². The van der Waals surface area contributed by atoms with E-state index in [-0.39, 0.29) is 5.91 Å². The topological polar surface area (TPSA) is 64.4 Å². The normalized spacial score (nSPS) is 43.9. The van der Waals surface area contributed by atoms with Gasteiger partial charge < -0.3 is 15.8 Å². The molecule has 4 unspecified atom stereocenters. The van der Waals surface area contributed by atoms with Gasteiger partial charge in [0.1, 0.15) is 5.41 Å². The molecule has 0 spiro atoms. The number of amides is 1. The highest BCUT2D eigenvalue weighted by atomic mass is 32.1. The van der Waals surface area contributed by atoms with Crippen LogP contribution in [0.5, 0.6) is 0 Å². The number of ether oxygens (including phenoxy) is 1. The summed E-state index contributed by atoms with van der Waals surface area (Å²) in [6.07, 6.45) is 5.39. The van der Waals surface area contributed by atoms with E-state index >= 15 is 0 Å². The highest BCUT2D eigenvalue weighted by Crippen LogP contribution is 2.65. The van der Waals surface area contributed by atoms with Gasteiger partial charge in [-0.25, -0.2) is 0 Å². The van der Waals surface area contributed by atoms with E-state index in [1.165, 1.54) is 19.3 Å². The molecule has 0 radical (unpaired) electrons. The van der Waals surface area contributed by atoms with Crippen LogP contribution in [0.15, 0.2) is 0 Å². The van der Waals surface area contributed by atoms with Crippen LogP contribution in [0.25, 0.3) is 0 Å². The van der Waals surface area contributed by atoms with Gasteiger partial charge in [0.2, 0.25) is 5.91 Å². The maximum atomic E-state index is 12.7. The molecule has 1 saturated heterocycles. The van der Waals surface area contributed by atoms with Crippen molar-refractivity contribution in [2.45, 2.75) is 38.1 Å². The Bertz CT molecular complexity index is 445. The van der Waals surface area contributed by atoms with E-state index in [0.29, 0.717) is 37.1 Å². The van der Waals surface area contributed by atoms with Gasteiger partial charge in [-0.1, -0.05) is 12.2 Å². The maximum Gasteiger partial charge on any atom is 0.233 e. The van der Waals surface area contributed by atoms with Gasteiger partial charge in [0.15, 0.2) is 0 Å². The van der Waals surface area contributed by atoms with Crippen molar-refractivity contribution >= 4 is 23.1 Å². The van der Waals surface area contributed by atoms with Crippen LogP contribution in [0.1, 0.15) is 32.1 Å². The number of carbonyl (C=O) groups excluding carboxylic acids is 1. The van der Waals surface area contributed by atoms with Crippen LogP contribution >= 0.6 is 12.2 Å². The SMILES string of the molecule is NC(=S)C1(C(=O)NC2C3C4CCC(C4)C23)CCOCC1. The fourth-order valence-electron chi connectivity index (χ4n) is 5.11. The number of hydrogen-bond acceptors (Lipinski definition) is 3. The van der Waals surface area contributed by atoms with Crippen LogP contribution < -0.4 is 11.1 Å². The van der Waals surface area contributed by atoms with E-state index in [1.807, 2.05) is 0 Å². The summed E-state index contributed by atoms with van der Waals surface area (Å²) < 4.78 is 5.37. The fraction of sp³-hybridized carbons (Fsp3) is 0.867. The molecular weight excluding hydrogens is 272 g/mol. The number of thiocarbonyl (C=S) groups is 1. The van der Waals surface area contributed by atoms with E-state index < -0.39 is 5.41 Å². The predicted molar refractivity (Wildman–Crippen MR) is 79.0 cm³/mol. The van der Waals surface area contributed by atoms with Gasteiger partial charge in [-0.2, -0.15) is 0 Å². The number of hydrogen-bond donors (Lipinski definition) is 2. The van der Waals surface area contributed by atoms with Crippen molar-refractivity contribution in [3.05, 3.63) is 0 Å². The lowest BCUT2D eigenvalue weighted by Crippen LogP contribution is -2.53. The smallest absolute Gasteiger partial charge is 0.233 e. The molecule has 1 heterocycles. The van der Waals surface area contributed by atoms with E-state index in [0.717, 1.165) is 23.7 Å². The molecule has 4 aliphatic rings. The number of rotatable bonds is 3. The zero-order valence-electron chi connectivity index (χ0n) is 11.6. The lowest BCUT2D eigenvalue weighted by Gasteiger charge is -2.35. The summed E-state index contributed by atoms with van der Waals surface area (Å²) in [6.45, 7) is 1.15. The van der Waals surface area contributed by atoms with E-state index in [9.17, 15) is 4.79 Å². The molecular formula is C15H22N2O2S. The number of nitrogens with one attached hydrogen (secondary N) is 1. The highest BCUT2D eigenvalue weighted by molar-refractivity contribution is 7.80. The van der Waals surface area contributed by atoms with E-state index in [4.69, 9.17) is 22.7 Å². The minimum atomic E-state index is -0.663. The van der Waals surface area contributed by atoms with Crippen molar-refractivity contribution in [2.75, 3.05) is 13.2 Å². The maximum absolute atomic E-state index is 12.7. The Hall–Kier alpha value is -0.680. The third kappa shape index (κ3) is 1.69. The van der Waals surface area contributed by atoms with Gasteiger partial charge in [-0.05, 0) is 55.8 Å². The van der Waals surface area contributed by atoms with Crippen LogP contribution in [-0.4, -0.2) is 30.2 Å². The predicted octanol–water partition coefficient (Wildman–Crippen LogP) is 1.23. The molecule has 1 aliphatic heterocycles. The zero-order chi connectivity index (χ0) is 13.9. The van der Waals surface area contributed by atoms with Crippen LogP contribution in [-0.2, 0) is 9.53 Å². The van der Waals surface area contributed by atoms with Crippen LogP contribution in [0.4, 0.5) is 0 Å². The largest absolute Gasteiger partial charge is 0.392 e. The molecule has 4 nitrogen and oxygen atoms in total. The first kappa shape index (κ1) is 13.0. The third-order valence-corrected chi connectivity index (χ3v) is 6.68. The monoisotopic (exact) mass is 294 g/mol. The third-order valence-electron chi connectivity index (χ3n) is 6.29. The van der Waals surface area contributed by atoms with Gasteiger partial charge in [-0.15, -0.1) is 0 Å². The second-order valence-corrected chi connectivity index (χ2v) is 7.49. The molecule has 5 heteroatoms. The summed E-state index contributed by atoms with van der Waals surface area (Å²) in [7, 11) is 0. The molecule has 2 bridgehead atoms. The first-order valence-corrected chi connectivity index (χ1v) is 8.23. The first-order chi connectivity index (χ1) is 9.63. The van der Waals surface area contributed by atoms with Gasteiger partial charge in [-0.3, -0.25) is 4.79 Å². The number of nitrogens with two attached hydrogens (primary N) is 1. The minimum Gasteiger partial charge on any atom is -0.392 e. The van der Waals surface area contributed by atoms with Gasteiger partial charge in [0, 0.05) is 19.3 Å². The molecule has 0 aromatic heterocycles. The molecule has 3 N–H and O–H groups in total. The summed E-state index contributed by atoms with van der Waals surface area (Å²) in [5, 5.41) is 3.29. The Morgan fingerprint density at radius 3 is 2.35 bits per heavy atom. The molecule has 20 heavy (non-hydrogen) atoms. The second kappa shape index (κ2) is 4.41. The Balaban J connectivity index is 1.46. The summed E-state index contributed by atoms with van der Waals surface area (Å²) >= 11 is 5.20. The highest BCUT2D eigenvalue weighted by Gasteiger charge is 2.66. The fourth-order valence-corrected chi connectivity index (χ4v) is 5.41. The van der Waals surface area contributed by atoms with Crippen molar-refractivity contribution in [1.29, 1.82) is 0 Å². The molecule has 3 aliphatic carbocycles.